The maximum atomic E-state index is 11.9. The van der Waals surface area contributed by atoms with Gasteiger partial charge in [-0.3, -0.25) is 4.79 Å². The fourth-order valence-electron chi connectivity index (χ4n) is 3.42. The first-order valence-electron chi connectivity index (χ1n) is 6.95. The van der Waals surface area contributed by atoms with Gasteiger partial charge in [-0.15, -0.1) is 0 Å². The predicted molar refractivity (Wildman–Crippen MR) is 78.0 cm³/mol. The van der Waals surface area contributed by atoms with Gasteiger partial charge in [-0.2, -0.15) is 5.10 Å². The molecular formula is C15H17ClN2O2. The Morgan fingerprint density at radius 2 is 2.25 bits per heavy atom. The number of fused-ring (bicyclic) bond motifs is 2. The molecule has 20 heavy (non-hydrogen) atoms. The number of nitrogens with one attached hydrogen (secondary N) is 1. The average molecular weight is 293 g/mol. The van der Waals surface area contributed by atoms with E-state index in [0.717, 1.165) is 11.8 Å². The zero-order valence-corrected chi connectivity index (χ0v) is 11.8. The number of phenols is 1. The summed E-state index contributed by atoms with van der Waals surface area (Å²) in [6.45, 7) is 0. The van der Waals surface area contributed by atoms with Crippen LogP contribution in [-0.4, -0.2) is 17.2 Å². The van der Waals surface area contributed by atoms with Gasteiger partial charge in [0.05, 0.1) is 5.56 Å². The average Bonchev–Trinajstić information content (AvgIpc) is 3.04. The first kappa shape index (κ1) is 13.4. The van der Waals surface area contributed by atoms with Crippen LogP contribution >= 0.6 is 11.6 Å². The summed E-state index contributed by atoms with van der Waals surface area (Å²) >= 11 is 5.81. The Morgan fingerprint density at radius 1 is 1.40 bits per heavy atom. The third-order valence-electron chi connectivity index (χ3n) is 4.43. The molecular weight excluding hydrogens is 276 g/mol. The number of hydrogen-bond donors (Lipinski definition) is 2. The fourth-order valence-corrected chi connectivity index (χ4v) is 3.59. The van der Waals surface area contributed by atoms with Gasteiger partial charge in [0.25, 0.3) is 5.91 Å². The summed E-state index contributed by atoms with van der Waals surface area (Å²) in [7, 11) is 0. The minimum atomic E-state index is -0.440. The molecule has 2 bridgehead atoms. The molecule has 0 aliphatic heterocycles. The number of rotatable bonds is 3. The van der Waals surface area contributed by atoms with Crippen molar-refractivity contribution in [3.8, 4) is 5.75 Å². The maximum Gasteiger partial charge on any atom is 0.275 e. The van der Waals surface area contributed by atoms with Gasteiger partial charge in [0.1, 0.15) is 5.75 Å². The first-order valence-corrected chi connectivity index (χ1v) is 7.33. The minimum Gasteiger partial charge on any atom is -0.507 e. The van der Waals surface area contributed by atoms with Gasteiger partial charge < -0.3 is 5.11 Å². The van der Waals surface area contributed by atoms with E-state index in [9.17, 15) is 9.90 Å². The molecule has 3 rings (SSSR count). The summed E-state index contributed by atoms with van der Waals surface area (Å²) < 4.78 is 0. The minimum absolute atomic E-state index is 0.0953. The molecule has 0 aromatic heterocycles. The SMILES string of the molecule is O=C(N/N=C/C1CC2CCC1C2)c1cc(Cl)ccc1O. The van der Waals surface area contributed by atoms with Crippen LogP contribution in [0, 0.1) is 17.8 Å². The van der Waals surface area contributed by atoms with Crippen molar-refractivity contribution in [1.29, 1.82) is 0 Å². The van der Waals surface area contributed by atoms with Gasteiger partial charge in [0.15, 0.2) is 0 Å². The van der Waals surface area contributed by atoms with Crippen molar-refractivity contribution in [3.63, 3.8) is 0 Å². The van der Waals surface area contributed by atoms with Crippen LogP contribution in [0.3, 0.4) is 0 Å². The van der Waals surface area contributed by atoms with Crippen molar-refractivity contribution in [2.24, 2.45) is 22.9 Å². The van der Waals surface area contributed by atoms with E-state index >= 15 is 0 Å². The monoisotopic (exact) mass is 292 g/mol. The summed E-state index contributed by atoms with van der Waals surface area (Å²) in [5.41, 5.74) is 2.61. The number of phenolic OH excluding ortho intramolecular Hbond substituents is 1. The van der Waals surface area contributed by atoms with Gasteiger partial charge >= 0.3 is 0 Å². The van der Waals surface area contributed by atoms with Crippen LogP contribution < -0.4 is 5.43 Å². The Hall–Kier alpha value is -1.55. The molecule has 3 atom stereocenters. The van der Waals surface area contributed by atoms with Crippen molar-refractivity contribution in [1.82, 2.24) is 5.43 Å². The molecule has 1 aromatic rings. The number of aromatic hydroxyl groups is 1. The Balaban J connectivity index is 1.60. The summed E-state index contributed by atoms with van der Waals surface area (Å²) in [5.74, 6) is 1.54. The second-order valence-electron chi connectivity index (χ2n) is 5.72. The smallest absolute Gasteiger partial charge is 0.275 e. The lowest BCUT2D eigenvalue weighted by atomic mass is 9.90. The normalized spacial score (nSPS) is 28.1. The molecule has 2 saturated carbocycles. The molecule has 106 valence electrons. The molecule has 4 nitrogen and oxygen atoms in total. The van der Waals surface area contributed by atoms with Crippen molar-refractivity contribution in [2.45, 2.75) is 25.7 Å². The summed E-state index contributed by atoms with van der Waals surface area (Å²) in [5, 5.41) is 14.1. The second-order valence-corrected chi connectivity index (χ2v) is 6.16. The zero-order valence-electron chi connectivity index (χ0n) is 11.1. The van der Waals surface area contributed by atoms with Crippen LogP contribution in [0.2, 0.25) is 5.02 Å². The number of halogens is 1. The Morgan fingerprint density at radius 3 is 2.95 bits per heavy atom. The number of carbonyl (C=O) groups excluding carboxylic acids is 1. The highest BCUT2D eigenvalue weighted by atomic mass is 35.5. The van der Waals surface area contributed by atoms with Gasteiger partial charge in [0, 0.05) is 11.2 Å². The van der Waals surface area contributed by atoms with Crippen molar-refractivity contribution in [3.05, 3.63) is 28.8 Å². The number of amides is 1. The van der Waals surface area contributed by atoms with Gasteiger partial charge in [-0.1, -0.05) is 18.0 Å². The van der Waals surface area contributed by atoms with Crippen LogP contribution in [0.5, 0.6) is 5.75 Å². The topological polar surface area (TPSA) is 61.7 Å². The number of nitrogens with zero attached hydrogens (tertiary/aromatic N) is 1. The number of hydrogen-bond acceptors (Lipinski definition) is 3. The molecule has 2 aliphatic rings. The fraction of sp³-hybridized carbons (Fsp3) is 0.467. The highest BCUT2D eigenvalue weighted by Gasteiger charge is 2.38. The second kappa shape index (κ2) is 5.44. The molecule has 2 N–H and O–H groups in total. The third-order valence-corrected chi connectivity index (χ3v) is 4.66. The Labute approximate surface area is 122 Å². The highest BCUT2D eigenvalue weighted by Crippen LogP contribution is 2.47. The van der Waals surface area contributed by atoms with E-state index in [4.69, 9.17) is 11.6 Å². The van der Waals surface area contributed by atoms with Crippen LogP contribution in [0.1, 0.15) is 36.0 Å². The highest BCUT2D eigenvalue weighted by molar-refractivity contribution is 6.31. The molecule has 5 heteroatoms. The van der Waals surface area contributed by atoms with E-state index in [0.29, 0.717) is 10.9 Å². The molecule has 1 amide bonds. The largest absolute Gasteiger partial charge is 0.507 e. The first-order chi connectivity index (χ1) is 9.63. The lowest BCUT2D eigenvalue weighted by molar-refractivity contribution is 0.0952. The third kappa shape index (κ3) is 2.66. The van der Waals surface area contributed by atoms with Crippen molar-refractivity contribution in [2.75, 3.05) is 0 Å². The Kier molecular flexibility index (Phi) is 3.66. The van der Waals surface area contributed by atoms with Crippen LogP contribution in [0.15, 0.2) is 23.3 Å². The van der Waals surface area contributed by atoms with E-state index in [2.05, 4.69) is 10.5 Å². The maximum absolute atomic E-state index is 11.9. The lowest BCUT2D eigenvalue weighted by Gasteiger charge is -2.16. The summed E-state index contributed by atoms with van der Waals surface area (Å²) in [6, 6.07) is 4.36. The van der Waals surface area contributed by atoms with Crippen LogP contribution in [0.4, 0.5) is 0 Å². The standard InChI is InChI=1S/C15H17ClN2O2/c16-12-3-4-14(19)13(7-12)15(20)18-17-8-11-6-9-1-2-10(11)5-9/h3-4,7-11,19H,1-2,5-6H2,(H,18,20)/b17-8+. The van der Waals surface area contributed by atoms with E-state index in [1.54, 1.807) is 0 Å². The van der Waals surface area contributed by atoms with Crippen molar-refractivity contribution < 1.29 is 9.90 Å². The molecule has 0 heterocycles. The zero-order chi connectivity index (χ0) is 14.1. The number of hydrazone groups is 1. The van der Waals surface area contributed by atoms with E-state index in [1.165, 1.54) is 43.9 Å². The Bertz CT molecular complexity index is 559. The van der Waals surface area contributed by atoms with Gasteiger partial charge in [-0.05, 0) is 55.2 Å². The number of benzene rings is 1. The van der Waals surface area contributed by atoms with Crippen LogP contribution in [0.25, 0.3) is 0 Å². The lowest BCUT2D eigenvalue weighted by Crippen LogP contribution is -2.20. The van der Waals surface area contributed by atoms with Crippen molar-refractivity contribution >= 4 is 23.7 Å². The summed E-state index contributed by atoms with van der Waals surface area (Å²) in [6.07, 6.45) is 6.97. The van der Waals surface area contributed by atoms with Crippen LogP contribution in [-0.2, 0) is 0 Å². The molecule has 3 unspecified atom stereocenters. The molecule has 0 saturated heterocycles. The van der Waals surface area contributed by atoms with E-state index in [-0.39, 0.29) is 11.3 Å². The molecule has 2 fully saturated rings. The van der Waals surface area contributed by atoms with Gasteiger partial charge in [-0.25, -0.2) is 5.43 Å². The summed E-state index contributed by atoms with van der Waals surface area (Å²) in [4.78, 5) is 11.9. The molecule has 0 radical (unpaired) electrons. The molecule has 0 spiro atoms. The molecule has 1 aromatic carbocycles. The predicted octanol–water partition coefficient (Wildman–Crippen LogP) is 3.20. The molecule has 2 aliphatic carbocycles. The van der Waals surface area contributed by atoms with E-state index < -0.39 is 5.91 Å². The van der Waals surface area contributed by atoms with E-state index in [1.807, 2.05) is 6.21 Å². The van der Waals surface area contributed by atoms with Gasteiger partial charge in [0.2, 0.25) is 0 Å². The quantitative estimate of drug-likeness (QED) is 0.664. The number of carbonyl (C=O) groups is 1.